The molecule has 9 heteroatoms. The summed E-state index contributed by atoms with van der Waals surface area (Å²) in [6.45, 7) is 1.50. The summed E-state index contributed by atoms with van der Waals surface area (Å²) in [6, 6.07) is 10.1. The lowest BCUT2D eigenvalue weighted by Gasteiger charge is -2.29. The minimum atomic E-state index is -0.791. The highest BCUT2D eigenvalue weighted by molar-refractivity contribution is 7.98. The molecule has 0 fully saturated rings. The second-order valence-corrected chi connectivity index (χ2v) is 8.02. The van der Waals surface area contributed by atoms with Gasteiger partial charge >= 0.3 is 0 Å². The second kappa shape index (κ2) is 9.93. The van der Waals surface area contributed by atoms with Gasteiger partial charge in [0.1, 0.15) is 11.0 Å². The molecule has 1 aromatic carbocycles. The number of aromatic nitrogens is 3. The summed E-state index contributed by atoms with van der Waals surface area (Å²) < 4.78 is 0. The van der Waals surface area contributed by atoms with Crippen LogP contribution in [0.25, 0.3) is 11.0 Å². The third-order valence-corrected chi connectivity index (χ3v) is 5.64. The number of benzene rings is 1. The fourth-order valence-electron chi connectivity index (χ4n) is 3.45. The van der Waals surface area contributed by atoms with E-state index in [1.54, 1.807) is 18.0 Å². The van der Waals surface area contributed by atoms with E-state index < -0.39 is 6.10 Å². The molecule has 3 rings (SSSR count). The third kappa shape index (κ3) is 5.39. The van der Waals surface area contributed by atoms with Gasteiger partial charge in [-0.15, -0.1) is 0 Å². The monoisotopic (exact) mass is 417 g/mol. The van der Waals surface area contributed by atoms with Crippen molar-refractivity contribution in [1.29, 1.82) is 0 Å². The van der Waals surface area contributed by atoms with Gasteiger partial charge in [0.25, 0.3) is 5.56 Å². The first kappa shape index (κ1) is 21.4. The Morgan fingerprint density at radius 3 is 2.72 bits per heavy atom. The lowest BCUT2D eigenvalue weighted by atomic mass is 10.0. The Morgan fingerprint density at radius 1 is 1.28 bits per heavy atom. The summed E-state index contributed by atoms with van der Waals surface area (Å²) in [5, 5.41) is 19.7. The molecular formula is C20H27N5O3S. The van der Waals surface area contributed by atoms with Crippen molar-refractivity contribution in [2.75, 3.05) is 30.9 Å². The number of thioether (sulfide) groups is 1. The number of fused-ring (bicyclic) bond motifs is 1. The smallest absolute Gasteiger partial charge is 0.276 e. The van der Waals surface area contributed by atoms with Crippen LogP contribution in [0.1, 0.15) is 11.1 Å². The zero-order valence-electron chi connectivity index (χ0n) is 16.3. The topological polar surface area (TPSA) is 131 Å². The van der Waals surface area contributed by atoms with Crippen LogP contribution in [-0.4, -0.2) is 61.3 Å². The van der Waals surface area contributed by atoms with Gasteiger partial charge < -0.3 is 20.9 Å². The van der Waals surface area contributed by atoms with E-state index in [2.05, 4.69) is 32.0 Å². The summed E-state index contributed by atoms with van der Waals surface area (Å²) in [5.41, 5.74) is 8.36. The predicted molar refractivity (Wildman–Crippen MR) is 117 cm³/mol. The van der Waals surface area contributed by atoms with Crippen molar-refractivity contribution < 1.29 is 10.2 Å². The maximum Gasteiger partial charge on any atom is 0.276 e. The van der Waals surface area contributed by atoms with Gasteiger partial charge in [-0.1, -0.05) is 30.3 Å². The van der Waals surface area contributed by atoms with Gasteiger partial charge in [0.2, 0.25) is 5.95 Å². The van der Waals surface area contributed by atoms with Gasteiger partial charge in [0.15, 0.2) is 0 Å². The first-order valence-electron chi connectivity index (χ1n) is 9.41. The fourth-order valence-corrected chi connectivity index (χ4v) is 4.21. The molecule has 2 aromatic heterocycles. The molecule has 0 spiro atoms. The van der Waals surface area contributed by atoms with E-state index in [1.165, 1.54) is 0 Å². The van der Waals surface area contributed by atoms with Crippen molar-refractivity contribution in [3.05, 3.63) is 58.0 Å². The molecule has 2 atom stereocenters. The average Bonchev–Trinajstić information content (AvgIpc) is 3.10. The number of nitrogens with one attached hydrogen (secondary N) is 2. The molecule has 6 N–H and O–H groups in total. The van der Waals surface area contributed by atoms with Gasteiger partial charge in [0.05, 0.1) is 12.7 Å². The molecule has 0 saturated carbocycles. The normalized spacial score (nSPS) is 13.8. The molecule has 8 nitrogen and oxygen atoms in total. The van der Waals surface area contributed by atoms with Crippen LogP contribution in [0.4, 0.5) is 5.95 Å². The number of aliphatic hydroxyl groups is 2. The number of hydrogen-bond acceptors (Lipinski definition) is 7. The largest absolute Gasteiger partial charge is 0.394 e. The maximum atomic E-state index is 12.1. The number of nitrogens with zero attached hydrogens (tertiary/aromatic N) is 2. The molecule has 3 aromatic rings. The number of hydrogen-bond donors (Lipinski definition) is 5. The van der Waals surface area contributed by atoms with Crippen LogP contribution < -0.4 is 11.3 Å². The van der Waals surface area contributed by atoms with Gasteiger partial charge in [-0.25, -0.2) is 4.98 Å². The molecule has 0 aliphatic carbocycles. The first-order chi connectivity index (χ1) is 14.0. The maximum absolute atomic E-state index is 12.1. The molecule has 0 saturated heterocycles. The Bertz CT molecular complexity index is 975. The Morgan fingerprint density at radius 2 is 2.03 bits per heavy atom. The SMILES string of the molecule is CSC[C@H](CN(Cc1ccccc1)Cc1c[nH]c2c(=O)[nH]c(N)nc12)[C@H](O)CO. The number of nitrogens with two attached hydrogens (primary N) is 1. The number of nitrogen functional groups attached to an aromatic ring is 1. The minimum Gasteiger partial charge on any atom is -0.394 e. The lowest BCUT2D eigenvalue weighted by Crippen LogP contribution is -2.37. The van der Waals surface area contributed by atoms with E-state index >= 15 is 0 Å². The summed E-state index contributed by atoms with van der Waals surface area (Å²) >= 11 is 1.64. The quantitative estimate of drug-likeness (QED) is 0.335. The minimum absolute atomic E-state index is 0.0777. The number of H-pyrrole nitrogens is 2. The van der Waals surface area contributed by atoms with Crippen molar-refractivity contribution >= 4 is 28.7 Å². The Hall–Kier alpha value is -2.33. The van der Waals surface area contributed by atoms with E-state index in [1.807, 2.05) is 24.5 Å². The highest BCUT2D eigenvalue weighted by Crippen LogP contribution is 2.20. The standard InChI is InChI=1S/C20H27N5O3S/c1-29-12-15(16(27)11-26)10-25(8-13-5-3-2-4-6-13)9-14-7-22-18-17(14)23-20(21)24-19(18)28/h2-7,15-16,22,26-27H,8-12H2,1H3,(H3,21,23,24,28)/t15-,16+/m0/s1. The Kier molecular flexibility index (Phi) is 7.32. The van der Waals surface area contributed by atoms with Crippen molar-refractivity contribution in [2.45, 2.75) is 19.2 Å². The fraction of sp³-hybridized carbons (Fsp3) is 0.400. The van der Waals surface area contributed by atoms with Crippen molar-refractivity contribution in [3.63, 3.8) is 0 Å². The van der Waals surface area contributed by atoms with Crippen LogP contribution in [-0.2, 0) is 13.1 Å². The van der Waals surface area contributed by atoms with E-state index in [0.717, 1.165) is 16.9 Å². The first-order valence-corrected chi connectivity index (χ1v) is 10.8. The molecule has 0 aliphatic heterocycles. The summed E-state index contributed by atoms with van der Waals surface area (Å²) in [6.07, 6.45) is 2.97. The number of rotatable bonds is 10. The van der Waals surface area contributed by atoms with Gasteiger partial charge in [0, 0.05) is 37.3 Å². The highest BCUT2D eigenvalue weighted by atomic mass is 32.2. The summed E-state index contributed by atoms with van der Waals surface area (Å²) in [4.78, 5) is 24.1. The molecule has 156 valence electrons. The van der Waals surface area contributed by atoms with Crippen LogP contribution in [0.3, 0.4) is 0 Å². The zero-order chi connectivity index (χ0) is 20.8. The molecular weight excluding hydrogens is 390 g/mol. The summed E-state index contributed by atoms with van der Waals surface area (Å²) in [7, 11) is 0. The van der Waals surface area contributed by atoms with E-state index in [4.69, 9.17) is 5.73 Å². The van der Waals surface area contributed by atoms with Gasteiger partial charge in [-0.05, 0) is 17.6 Å². The van der Waals surface area contributed by atoms with Crippen LogP contribution in [0.2, 0.25) is 0 Å². The van der Waals surface area contributed by atoms with E-state index in [9.17, 15) is 15.0 Å². The Labute approximate surface area is 173 Å². The number of anilines is 1. The van der Waals surface area contributed by atoms with Crippen molar-refractivity contribution in [1.82, 2.24) is 19.9 Å². The molecule has 0 unspecified atom stereocenters. The Balaban J connectivity index is 1.89. The van der Waals surface area contributed by atoms with Crippen LogP contribution in [0, 0.1) is 5.92 Å². The molecule has 0 bridgehead atoms. The lowest BCUT2D eigenvalue weighted by molar-refractivity contribution is 0.0374. The van der Waals surface area contributed by atoms with Gasteiger partial charge in [-0.3, -0.25) is 14.7 Å². The van der Waals surface area contributed by atoms with Crippen LogP contribution in [0.5, 0.6) is 0 Å². The van der Waals surface area contributed by atoms with Crippen molar-refractivity contribution in [2.24, 2.45) is 5.92 Å². The van der Waals surface area contributed by atoms with Crippen molar-refractivity contribution in [3.8, 4) is 0 Å². The molecule has 0 aliphatic rings. The van der Waals surface area contributed by atoms with E-state index in [-0.39, 0.29) is 24.0 Å². The molecule has 29 heavy (non-hydrogen) atoms. The zero-order valence-corrected chi connectivity index (χ0v) is 17.2. The number of aliphatic hydroxyl groups excluding tert-OH is 2. The van der Waals surface area contributed by atoms with Gasteiger partial charge in [-0.2, -0.15) is 11.8 Å². The third-order valence-electron chi connectivity index (χ3n) is 4.88. The van der Waals surface area contributed by atoms with E-state index in [0.29, 0.717) is 30.7 Å². The van der Waals surface area contributed by atoms with Crippen LogP contribution in [0.15, 0.2) is 41.3 Å². The molecule has 0 amide bonds. The molecule has 2 heterocycles. The van der Waals surface area contributed by atoms with Crippen LogP contribution >= 0.6 is 11.8 Å². The predicted octanol–water partition coefficient (Wildman–Crippen LogP) is 1.17. The molecule has 0 radical (unpaired) electrons. The summed E-state index contributed by atoms with van der Waals surface area (Å²) in [5.74, 6) is 0.713. The second-order valence-electron chi connectivity index (χ2n) is 7.11. The number of aromatic amines is 2. The highest BCUT2D eigenvalue weighted by Gasteiger charge is 2.23. The average molecular weight is 418 g/mol.